The van der Waals surface area contributed by atoms with E-state index in [0.29, 0.717) is 11.3 Å². The van der Waals surface area contributed by atoms with Crippen molar-refractivity contribution in [2.45, 2.75) is 4.90 Å². The largest absolute Gasteiger partial charge is 0.478 e. The normalized spacial score (nSPS) is 10.1. The van der Waals surface area contributed by atoms with Crippen LogP contribution in [0.25, 0.3) is 0 Å². The molecule has 0 spiro atoms. The van der Waals surface area contributed by atoms with Gasteiger partial charge in [-0.3, -0.25) is 4.79 Å². The van der Waals surface area contributed by atoms with Crippen molar-refractivity contribution < 1.29 is 14.7 Å². The van der Waals surface area contributed by atoms with Crippen molar-refractivity contribution in [3.63, 3.8) is 0 Å². The summed E-state index contributed by atoms with van der Waals surface area (Å²) in [6.45, 7) is 0. The SMILES string of the molecule is CSc1cccc(NC(=O)c2ccc(C(=O)O)cc2)c1. The van der Waals surface area contributed by atoms with E-state index in [4.69, 9.17) is 5.11 Å². The summed E-state index contributed by atoms with van der Waals surface area (Å²) >= 11 is 1.59. The number of nitrogens with one attached hydrogen (secondary N) is 1. The van der Waals surface area contributed by atoms with Gasteiger partial charge in [0.2, 0.25) is 0 Å². The fourth-order valence-electron chi connectivity index (χ4n) is 1.67. The Morgan fingerprint density at radius 1 is 1.05 bits per heavy atom. The Kier molecular flexibility index (Phi) is 4.42. The van der Waals surface area contributed by atoms with Crippen molar-refractivity contribution in [1.29, 1.82) is 0 Å². The van der Waals surface area contributed by atoms with Crippen LogP contribution in [-0.4, -0.2) is 23.2 Å². The third-order valence-electron chi connectivity index (χ3n) is 2.72. The van der Waals surface area contributed by atoms with E-state index in [1.807, 2.05) is 30.5 Å². The lowest BCUT2D eigenvalue weighted by atomic mass is 10.1. The number of carboxylic acids is 1. The smallest absolute Gasteiger partial charge is 0.335 e. The van der Waals surface area contributed by atoms with E-state index in [1.165, 1.54) is 24.3 Å². The molecule has 0 aliphatic carbocycles. The number of hydrogen-bond acceptors (Lipinski definition) is 3. The molecule has 0 fully saturated rings. The third-order valence-corrected chi connectivity index (χ3v) is 3.45. The molecule has 0 saturated carbocycles. The van der Waals surface area contributed by atoms with Crippen molar-refractivity contribution in [3.05, 3.63) is 59.7 Å². The van der Waals surface area contributed by atoms with Gasteiger partial charge in [0.05, 0.1) is 5.56 Å². The van der Waals surface area contributed by atoms with Gasteiger partial charge in [0.1, 0.15) is 0 Å². The standard InChI is InChI=1S/C15H13NO3S/c1-20-13-4-2-3-12(9-13)16-14(17)10-5-7-11(8-6-10)15(18)19/h2-9H,1H3,(H,16,17)(H,18,19). The number of thioether (sulfide) groups is 1. The van der Waals surface area contributed by atoms with Crippen molar-refractivity contribution in [2.24, 2.45) is 0 Å². The molecule has 102 valence electrons. The third kappa shape index (κ3) is 3.39. The maximum absolute atomic E-state index is 12.0. The first kappa shape index (κ1) is 14.1. The van der Waals surface area contributed by atoms with E-state index < -0.39 is 5.97 Å². The number of carbonyl (C=O) groups is 2. The lowest BCUT2D eigenvalue weighted by Crippen LogP contribution is -2.12. The highest BCUT2D eigenvalue weighted by Crippen LogP contribution is 2.19. The topological polar surface area (TPSA) is 66.4 Å². The molecule has 0 heterocycles. The zero-order chi connectivity index (χ0) is 14.5. The summed E-state index contributed by atoms with van der Waals surface area (Å²) in [6.07, 6.45) is 1.96. The van der Waals surface area contributed by atoms with Crippen molar-refractivity contribution in [3.8, 4) is 0 Å². The molecule has 1 amide bonds. The lowest BCUT2D eigenvalue weighted by molar-refractivity contribution is 0.0696. The van der Waals surface area contributed by atoms with E-state index in [9.17, 15) is 9.59 Å². The number of amides is 1. The van der Waals surface area contributed by atoms with Gasteiger partial charge in [-0.2, -0.15) is 0 Å². The van der Waals surface area contributed by atoms with Crippen LogP contribution in [0.15, 0.2) is 53.4 Å². The van der Waals surface area contributed by atoms with E-state index in [1.54, 1.807) is 11.8 Å². The molecular formula is C15H13NO3S. The molecule has 0 atom stereocenters. The highest BCUT2D eigenvalue weighted by Gasteiger charge is 2.08. The summed E-state index contributed by atoms with van der Waals surface area (Å²) < 4.78 is 0. The Hall–Kier alpha value is -2.27. The maximum atomic E-state index is 12.0. The molecule has 0 unspecified atom stereocenters. The van der Waals surface area contributed by atoms with Gasteiger partial charge in [-0.25, -0.2) is 4.79 Å². The van der Waals surface area contributed by atoms with E-state index in [-0.39, 0.29) is 11.5 Å². The quantitative estimate of drug-likeness (QED) is 0.846. The number of carboxylic acid groups (broad SMARTS) is 1. The molecule has 2 rings (SSSR count). The van der Waals surface area contributed by atoms with Crippen molar-refractivity contribution in [2.75, 3.05) is 11.6 Å². The number of anilines is 1. The first-order chi connectivity index (χ1) is 9.60. The van der Waals surface area contributed by atoms with Crippen molar-refractivity contribution >= 4 is 29.3 Å². The molecule has 2 aromatic rings. The minimum atomic E-state index is -1.01. The number of hydrogen-bond donors (Lipinski definition) is 2. The minimum Gasteiger partial charge on any atom is -0.478 e. The Labute approximate surface area is 120 Å². The Morgan fingerprint density at radius 3 is 2.30 bits per heavy atom. The zero-order valence-corrected chi connectivity index (χ0v) is 11.6. The van der Waals surface area contributed by atoms with Crippen LogP contribution in [0.3, 0.4) is 0 Å². The summed E-state index contributed by atoms with van der Waals surface area (Å²) in [4.78, 5) is 23.8. The second kappa shape index (κ2) is 6.25. The van der Waals surface area contributed by atoms with Crippen LogP contribution in [-0.2, 0) is 0 Å². The minimum absolute atomic E-state index is 0.158. The van der Waals surface area contributed by atoms with Crippen LogP contribution in [0, 0.1) is 0 Å². The summed E-state index contributed by atoms with van der Waals surface area (Å²) in [5.74, 6) is -1.27. The summed E-state index contributed by atoms with van der Waals surface area (Å²) in [5, 5.41) is 11.6. The monoisotopic (exact) mass is 287 g/mol. The number of aromatic carboxylic acids is 1. The predicted octanol–water partition coefficient (Wildman–Crippen LogP) is 3.36. The van der Waals surface area contributed by atoms with Gasteiger partial charge in [-0.15, -0.1) is 11.8 Å². The number of carbonyl (C=O) groups excluding carboxylic acids is 1. The lowest BCUT2D eigenvalue weighted by Gasteiger charge is -2.06. The molecular weight excluding hydrogens is 274 g/mol. The van der Waals surface area contributed by atoms with Gasteiger partial charge in [0.15, 0.2) is 0 Å². The van der Waals surface area contributed by atoms with Gasteiger partial charge < -0.3 is 10.4 Å². The van der Waals surface area contributed by atoms with Gasteiger partial charge in [-0.05, 0) is 48.7 Å². The molecule has 0 aliphatic heterocycles. The summed E-state index contributed by atoms with van der Waals surface area (Å²) in [6, 6.07) is 13.3. The van der Waals surface area contributed by atoms with Crippen LogP contribution in [0.1, 0.15) is 20.7 Å². The number of rotatable bonds is 4. The van der Waals surface area contributed by atoms with Crippen LogP contribution >= 0.6 is 11.8 Å². The predicted molar refractivity (Wildman–Crippen MR) is 79.6 cm³/mol. The molecule has 0 saturated heterocycles. The Bertz CT molecular complexity index is 638. The fraction of sp³-hybridized carbons (Fsp3) is 0.0667. The average molecular weight is 287 g/mol. The molecule has 0 aromatic heterocycles. The molecule has 0 radical (unpaired) electrons. The fourth-order valence-corrected chi connectivity index (χ4v) is 2.13. The van der Waals surface area contributed by atoms with E-state index in [2.05, 4.69) is 5.32 Å². The summed E-state index contributed by atoms with van der Waals surface area (Å²) in [7, 11) is 0. The van der Waals surface area contributed by atoms with Crippen LogP contribution < -0.4 is 5.32 Å². The Morgan fingerprint density at radius 2 is 1.70 bits per heavy atom. The maximum Gasteiger partial charge on any atom is 0.335 e. The second-order valence-corrected chi connectivity index (χ2v) is 4.95. The first-order valence-corrected chi connectivity index (χ1v) is 7.11. The zero-order valence-electron chi connectivity index (χ0n) is 10.8. The Balaban J connectivity index is 2.13. The second-order valence-electron chi connectivity index (χ2n) is 4.07. The molecule has 20 heavy (non-hydrogen) atoms. The van der Waals surface area contributed by atoms with E-state index in [0.717, 1.165) is 4.90 Å². The average Bonchev–Trinajstić information content (AvgIpc) is 2.47. The summed E-state index contributed by atoms with van der Waals surface area (Å²) in [5.41, 5.74) is 1.29. The van der Waals surface area contributed by atoms with E-state index >= 15 is 0 Å². The highest BCUT2D eigenvalue weighted by atomic mass is 32.2. The van der Waals surface area contributed by atoms with Gasteiger partial charge in [-0.1, -0.05) is 6.07 Å². The van der Waals surface area contributed by atoms with Crippen LogP contribution in [0.2, 0.25) is 0 Å². The highest BCUT2D eigenvalue weighted by molar-refractivity contribution is 7.98. The number of benzene rings is 2. The molecule has 4 nitrogen and oxygen atoms in total. The first-order valence-electron chi connectivity index (χ1n) is 5.89. The van der Waals surface area contributed by atoms with Gasteiger partial charge in [0, 0.05) is 16.1 Å². The van der Waals surface area contributed by atoms with Crippen LogP contribution in [0.4, 0.5) is 5.69 Å². The van der Waals surface area contributed by atoms with Crippen molar-refractivity contribution in [1.82, 2.24) is 0 Å². The molecule has 0 aliphatic rings. The van der Waals surface area contributed by atoms with Crippen LogP contribution in [0.5, 0.6) is 0 Å². The molecule has 2 aromatic carbocycles. The molecule has 0 bridgehead atoms. The molecule has 5 heteroatoms. The van der Waals surface area contributed by atoms with Gasteiger partial charge in [0.25, 0.3) is 5.91 Å². The van der Waals surface area contributed by atoms with Gasteiger partial charge >= 0.3 is 5.97 Å². The molecule has 2 N–H and O–H groups in total.